The van der Waals surface area contributed by atoms with Gasteiger partial charge in [0, 0.05) is 30.1 Å². The zero-order valence-electron chi connectivity index (χ0n) is 36.7. The van der Waals surface area contributed by atoms with Gasteiger partial charge in [0.15, 0.2) is 17.3 Å². The monoisotopic (exact) mass is 860 g/mol. The molecule has 12 heteroatoms. The molecule has 0 saturated carbocycles. The molecule has 1 fully saturated rings. The Morgan fingerprint density at radius 2 is 1.59 bits per heavy atom. The summed E-state index contributed by atoms with van der Waals surface area (Å²) in [5.41, 5.74) is 3.12. The number of benzene rings is 4. The minimum Gasteiger partial charge on any atom is -0.506 e. The Balaban J connectivity index is 0.941. The van der Waals surface area contributed by atoms with Gasteiger partial charge in [-0.1, -0.05) is 118 Å². The first kappa shape index (κ1) is 46.8. The summed E-state index contributed by atoms with van der Waals surface area (Å²) >= 11 is 0. The van der Waals surface area contributed by atoms with Crippen LogP contribution in [0.15, 0.2) is 108 Å². The molecule has 336 valence electrons. The maximum absolute atomic E-state index is 13.8. The zero-order chi connectivity index (χ0) is 44.4. The zero-order valence-corrected chi connectivity index (χ0v) is 36.7. The van der Waals surface area contributed by atoms with E-state index in [2.05, 4.69) is 27.4 Å². The molecule has 0 radical (unpaired) electrons. The topological polar surface area (TPSA) is 162 Å². The third-order valence-electron chi connectivity index (χ3n) is 11.9. The van der Waals surface area contributed by atoms with Crippen molar-refractivity contribution in [2.24, 2.45) is 5.92 Å². The predicted octanol–water partition coefficient (Wildman–Crippen LogP) is 8.86. The number of ether oxygens (including phenoxy) is 3. The van der Waals surface area contributed by atoms with Crippen LogP contribution in [0.3, 0.4) is 0 Å². The molecule has 1 aliphatic rings. The Morgan fingerprint density at radius 3 is 2.33 bits per heavy atom. The number of methoxy groups -OCH3 is 1. The molecule has 1 amide bonds. The number of aliphatic hydroxyl groups excluding tert-OH is 1. The van der Waals surface area contributed by atoms with Crippen LogP contribution in [0.4, 0.5) is 4.79 Å². The van der Waals surface area contributed by atoms with Crippen molar-refractivity contribution < 1.29 is 34.0 Å². The number of amides is 1. The number of H-pyrrole nitrogens is 1. The number of nitrogens with zero attached hydrogens (tertiary/aromatic N) is 1. The van der Waals surface area contributed by atoms with E-state index in [9.17, 15) is 24.6 Å². The highest BCUT2D eigenvalue weighted by atomic mass is 16.6. The molecule has 2 heterocycles. The number of ketones is 1. The Bertz CT molecular complexity index is 2250. The standard InChI is InChI=1S/C51H64N4O8/c1-3-17-37-28-30-55(34-44(58)36-18-11-9-12-19-36)35-47(37)63-51(60)54-49(38-20-13-10-14-21-38)39-22-26-45(61-2)46(32-39)62-31-16-8-6-4-5-7-15-29-52-33-43(57)40-23-25-42(56)50-41(40)24-27-48(59)53-50/h9-14,18-27,32,37,43,47,49,52,56-57H,3-8,15-17,28-31,33-35H2,1-2H3,(H,53,59)(H,54,60)/t37?,43-,47-,49?/m0/s1. The lowest BCUT2D eigenvalue weighted by atomic mass is 9.89. The van der Waals surface area contributed by atoms with Gasteiger partial charge >= 0.3 is 6.09 Å². The molecular formula is C51H64N4O8. The minimum atomic E-state index is -0.766. The highest BCUT2D eigenvalue weighted by Gasteiger charge is 2.33. The quantitative estimate of drug-likeness (QED) is 0.0299. The number of nitrogens with one attached hydrogen (secondary N) is 3. The van der Waals surface area contributed by atoms with Crippen LogP contribution < -0.4 is 25.7 Å². The van der Waals surface area contributed by atoms with Gasteiger partial charge in [-0.2, -0.15) is 0 Å². The van der Waals surface area contributed by atoms with Gasteiger partial charge in [-0.15, -0.1) is 0 Å². The number of fused-ring (bicyclic) bond motifs is 1. The van der Waals surface area contributed by atoms with E-state index in [0.717, 1.165) is 88.4 Å². The summed E-state index contributed by atoms with van der Waals surface area (Å²) in [5, 5.41) is 28.0. The number of carbonyl (C=O) groups excluding carboxylic acids is 2. The van der Waals surface area contributed by atoms with E-state index in [4.69, 9.17) is 14.2 Å². The first-order chi connectivity index (χ1) is 30.7. The maximum atomic E-state index is 13.8. The van der Waals surface area contributed by atoms with Crippen LogP contribution in [-0.2, 0) is 4.74 Å². The second-order valence-electron chi connectivity index (χ2n) is 16.5. The van der Waals surface area contributed by atoms with Gasteiger partial charge in [0.05, 0.1) is 37.9 Å². The fourth-order valence-corrected chi connectivity index (χ4v) is 8.52. The van der Waals surface area contributed by atoms with Crippen molar-refractivity contribution in [1.82, 2.24) is 20.5 Å². The summed E-state index contributed by atoms with van der Waals surface area (Å²) in [4.78, 5) is 43.3. The van der Waals surface area contributed by atoms with Crippen molar-refractivity contribution >= 4 is 22.8 Å². The van der Waals surface area contributed by atoms with E-state index in [1.54, 1.807) is 19.2 Å². The van der Waals surface area contributed by atoms with Gasteiger partial charge in [0.25, 0.3) is 0 Å². The van der Waals surface area contributed by atoms with Crippen molar-refractivity contribution in [3.63, 3.8) is 0 Å². The van der Waals surface area contributed by atoms with E-state index in [1.165, 1.54) is 12.1 Å². The largest absolute Gasteiger partial charge is 0.506 e. The average molecular weight is 861 g/mol. The van der Waals surface area contributed by atoms with Crippen molar-refractivity contribution in [2.45, 2.75) is 89.4 Å². The number of carbonyl (C=O) groups is 2. The first-order valence-electron chi connectivity index (χ1n) is 22.6. The molecule has 2 unspecified atom stereocenters. The van der Waals surface area contributed by atoms with E-state index in [1.807, 2.05) is 78.9 Å². The summed E-state index contributed by atoms with van der Waals surface area (Å²) < 4.78 is 18.2. The number of hydrogen-bond donors (Lipinski definition) is 5. The number of aromatic hydroxyl groups is 1. The van der Waals surface area contributed by atoms with Gasteiger partial charge in [0.1, 0.15) is 11.9 Å². The lowest BCUT2D eigenvalue weighted by Crippen LogP contribution is -2.48. The molecule has 4 atom stereocenters. The molecule has 0 bridgehead atoms. The predicted molar refractivity (Wildman–Crippen MR) is 247 cm³/mol. The first-order valence-corrected chi connectivity index (χ1v) is 22.6. The van der Waals surface area contributed by atoms with Crippen LogP contribution in [-0.4, -0.2) is 84.5 Å². The third kappa shape index (κ3) is 13.6. The third-order valence-corrected chi connectivity index (χ3v) is 11.9. The smallest absolute Gasteiger partial charge is 0.408 e. The van der Waals surface area contributed by atoms with Crippen LogP contribution >= 0.6 is 0 Å². The molecule has 0 aliphatic carbocycles. The van der Waals surface area contributed by atoms with Crippen molar-refractivity contribution in [3.05, 3.63) is 136 Å². The number of likely N-dealkylation sites (tertiary alicyclic amines) is 1. The highest BCUT2D eigenvalue weighted by molar-refractivity contribution is 5.97. The van der Waals surface area contributed by atoms with Crippen LogP contribution in [0, 0.1) is 5.92 Å². The number of aliphatic hydroxyl groups is 1. The van der Waals surface area contributed by atoms with Crippen molar-refractivity contribution in [1.29, 1.82) is 0 Å². The van der Waals surface area contributed by atoms with Crippen LogP contribution in [0.5, 0.6) is 17.2 Å². The van der Waals surface area contributed by atoms with Gasteiger partial charge in [-0.05, 0) is 85.6 Å². The second-order valence-corrected chi connectivity index (χ2v) is 16.5. The summed E-state index contributed by atoms with van der Waals surface area (Å²) in [5.74, 6) is 1.49. The molecule has 1 aliphatic heterocycles. The van der Waals surface area contributed by atoms with Crippen molar-refractivity contribution in [2.75, 3.05) is 46.4 Å². The van der Waals surface area contributed by atoms with E-state index in [-0.39, 0.29) is 35.7 Å². The number of phenolic OH excluding ortho intramolecular Hbond substituents is 1. The van der Waals surface area contributed by atoms with Crippen LogP contribution in [0.1, 0.15) is 110 Å². The Labute approximate surface area is 371 Å². The highest BCUT2D eigenvalue weighted by Crippen LogP contribution is 2.34. The average Bonchev–Trinajstić information content (AvgIpc) is 3.30. The summed E-state index contributed by atoms with van der Waals surface area (Å²) in [6, 6.07) is 30.6. The van der Waals surface area contributed by atoms with Crippen LogP contribution in [0.2, 0.25) is 0 Å². The minimum absolute atomic E-state index is 0.0211. The number of aromatic nitrogens is 1. The molecular weight excluding hydrogens is 797 g/mol. The van der Waals surface area contributed by atoms with Crippen molar-refractivity contribution in [3.8, 4) is 17.2 Å². The summed E-state index contributed by atoms with van der Waals surface area (Å²) in [6.45, 7) is 5.42. The lowest BCUT2D eigenvalue weighted by Gasteiger charge is -2.38. The lowest BCUT2D eigenvalue weighted by molar-refractivity contribution is 0.00164. The number of piperidine rings is 1. The number of pyridine rings is 1. The Hall–Kier alpha value is -5.69. The molecule has 5 N–H and O–H groups in total. The number of Topliss-reactive ketones (excluding diaryl/α,β-unsaturated/α-hetero) is 1. The Morgan fingerprint density at radius 1 is 0.857 bits per heavy atom. The van der Waals surface area contributed by atoms with E-state index in [0.29, 0.717) is 53.2 Å². The van der Waals surface area contributed by atoms with Gasteiger partial charge < -0.3 is 40.0 Å². The van der Waals surface area contributed by atoms with Gasteiger partial charge in [0.2, 0.25) is 5.56 Å². The molecule has 4 aromatic carbocycles. The van der Waals surface area contributed by atoms with Gasteiger partial charge in [-0.25, -0.2) is 4.79 Å². The molecule has 6 rings (SSSR count). The maximum Gasteiger partial charge on any atom is 0.408 e. The number of aromatic amines is 1. The SMILES string of the molecule is CCCC1CCN(CC(=O)c2ccccc2)C[C@@H]1OC(=O)NC(c1ccccc1)c1ccc(OC)c(OCCCCCCCCCNC[C@H](O)c2ccc(O)c3[nH]c(=O)ccc23)c1. The van der Waals surface area contributed by atoms with E-state index < -0.39 is 18.2 Å². The van der Waals surface area contributed by atoms with E-state index >= 15 is 0 Å². The number of rotatable bonds is 24. The summed E-state index contributed by atoms with van der Waals surface area (Å²) in [6.07, 6.45) is 8.56. The second kappa shape index (κ2) is 24.2. The summed E-state index contributed by atoms with van der Waals surface area (Å²) in [7, 11) is 1.62. The number of unbranched alkanes of at least 4 members (excludes halogenated alkanes) is 6. The molecule has 12 nitrogen and oxygen atoms in total. The number of alkyl carbamates (subject to hydrolysis) is 1. The Kier molecular flexibility index (Phi) is 18.0. The fraction of sp³-hybridized carbons (Fsp3) is 0.431. The molecule has 1 saturated heterocycles. The molecule has 63 heavy (non-hydrogen) atoms. The normalized spacial score (nSPS) is 16.3. The molecule has 1 aromatic heterocycles. The fourth-order valence-electron chi connectivity index (χ4n) is 8.52. The van der Waals surface area contributed by atoms with Crippen LogP contribution in [0.25, 0.3) is 10.9 Å². The number of hydrogen-bond acceptors (Lipinski definition) is 10. The van der Waals surface area contributed by atoms with Gasteiger partial charge in [-0.3, -0.25) is 14.5 Å². The molecule has 0 spiro atoms. The number of phenols is 1. The molecule has 5 aromatic rings.